The predicted molar refractivity (Wildman–Crippen MR) is 70.1 cm³/mol. The second-order valence-electron chi connectivity index (χ2n) is 4.72. The predicted octanol–water partition coefficient (Wildman–Crippen LogP) is 0.910. The van der Waals surface area contributed by atoms with E-state index in [9.17, 15) is 14.7 Å². The number of carbonyl (C=O) groups is 2. The molecule has 1 aliphatic heterocycles. The van der Waals surface area contributed by atoms with Crippen LogP contribution in [-0.2, 0) is 16.0 Å². The standard InChI is InChI=1S/C12H16N2O4S/c1-7-9(8(2)18-14-7)5-10(15)13-12(11(16)17)3-4-19-6-12/h3-6H2,1-2H3,(H,13,15)(H,16,17)/t12-/m0/s1. The Morgan fingerprint density at radius 3 is 2.74 bits per heavy atom. The third-order valence-electron chi connectivity index (χ3n) is 3.33. The van der Waals surface area contributed by atoms with Crippen molar-refractivity contribution >= 4 is 23.6 Å². The van der Waals surface area contributed by atoms with Crippen molar-refractivity contribution in [1.29, 1.82) is 0 Å². The molecule has 2 N–H and O–H groups in total. The molecular weight excluding hydrogens is 268 g/mol. The Morgan fingerprint density at radius 2 is 2.26 bits per heavy atom. The van der Waals surface area contributed by atoms with Gasteiger partial charge in [-0.3, -0.25) is 4.79 Å². The van der Waals surface area contributed by atoms with Gasteiger partial charge in [-0.05, 0) is 26.0 Å². The van der Waals surface area contributed by atoms with Crippen LogP contribution in [0.15, 0.2) is 4.52 Å². The number of aromatic nitrogens is 1. The van der Waals surface area contributed by atoms with Gasteiger partial charge in [0.25, 0.3) is 0 Å². The maximum absolute atomic E-state index is 12.0. The Hall–Kier alpha value is -1.50. The van der Waals surface area contributed by atoms with Crippen molar-refractivity contribution in [3.8, 4) is 0 Å². The number of aliphatic carboxylic acids is 1. The number of carboxylic acid groups (broad SMARTS) is 1. The van der Waals surface area contributed by atoms with Crippen LogP contribution >= 0.6 is 11.8 Å². The zero-order valence-electron chi connectivity index (χ0n) is 10.9. The number of amides is 1. The van der Waals surface area contributed by atoms with Crippen LogP contribution in [0, 0.1) is 13.8 Å². The summed E-state index contributed by atoms with van der Waals surface area (Å²) in [5.74, 6) is 0.481. The molecule has 6 nitrogen and oxygen atoms in total. The zero-order chi connectivity index (χ0) is 14.0. The normalized spacial score (nSPS) is 22.4. The van der Waals surface area contributed by atoms with E-state index in [1.165, 1.54) is 11.8 Å². The van der Waals surface area contributed by atoms with E-state index in [1.807, 2.05) is 0 Å². The summed E-state index contributed by atoms with van der Waals surface area (Å²) in [4.78, 5) is 23.4. The molecule has 1 amide bonds. The SMILES string of the molecule is Cc1noc(C)c1CC(=O)N[C@@]1(C(=O)O)CCSC1. The van der Waals surface area contributed by atoms with Crippen LogP contribution < -0.4 is 5.32 Å². The molecule has 19 heavy (non-hydrogen) atoms. The highest BCUT2D eigenvalue weighted by Gasteiger charge is 2.43. The first kappa shape index (κ1) is 13.9. The van der Waals surface area contributed by atoms with Crippen LogP contribution in [0.4, 0.5) is 0 Å². The van der Waals surface area contributed by atoms with Gasteiger partial charge >= 0.3 is 5.97 Å². The van der Waals surface area contributed by atoms with Crippen molar-refractivity contribution in [1.82, 2.24) is 10.5 Å². The van der Waals surface area contributed by atoms with Crippen molar-refractivity contribution < 1.29 is 19.2 Å². The summed E-state index contributed by atoms with van der Waals surface area (Å²) < 4.78 is 4.99. The number of hydrogen-bond donors (Lipinski definition) is 2. The van der Waals surface area contributed by atoms with Gasteiger partial charge in [0.05, 0.1) is 12.1 Å². The molecule has 0 unspecified atom stereocenters. The molecule has 1 fully saturated rings. The van der Waals surface area contributed by atoms with Gasteiger partial charge in [0.15, 0.2) is 0 Å². The molecule has 0 aromatic carbocycles. The fourth-order valence-corrected chi connectivity index (χ4v) is 3.44. The number of nitrogens with one attached hydrogen (secondary N) is 1. The third kappa shape index (κ3) is 2.75. The average molecular weight is 284 g/mol. The van der Waals surface area contributed by atoms with Crippen molar-refractivity contribution in [2.45, 2.75) is 32.2 Å². The highest BCUT2D eigenvalue weighted by molar-refractivity contribution is 7.99. The van der Waals surface area contributed by atoms with Crippen LogP contribution in [0.1, 0.15) is 23.4 Å². The summed E-state index contributed by atoms with van der Waals surface area (Å²) in [5.41, 5.74) is 0.266. The quantitative estimate of drug-likeness (QED) is 0.853. The minimum absolute atomic E-state index is 0.0981. The number of hydrogen-bond acceptors (Lipinski definition) is 5. The monoisotopic (exact) mass is 284 g/mol. The van der Waals surface area contributed by atoms with Crippen LogP contribution in [0.2, 0.25) is 0 Å². The van der Waals surface area contributed by atoms with E-state index in [0.717, 1.165) is 11.3 Å². The molecule has 0 bridgehead atoms. The van der Waals surface area contributed by atoms with Gasteiger partial charge in [0, 0.05) is 11.3 Å². The fraction of sp³-hybridized carbons (Fsp3) is 0.583. The Labute approximate surface area is 114 Å². The lowest BCUT2D eigenvalue weighted by molar-refractivity contribution is -0.146. The average Bonchev–Trinajstić information content (AvgIpc) is 2.92. The summed E-state index contributed by atoms with van der Waals surface area (Å²) in [7, 11) is 0. The maximum atomic E-state index is 12.0. The van der Waals surface area contributed by atoms with E-state index < -0.39 is 11.5 Å². The maximum Gasteiger partial charge on any atom is 0.330 e. The van der Waals surface area contributed by atoms with Gasteiger partial charge in [0.1, 0.15) is 11.3 Å². The molecule has 2 rings (SSSR count). The minimum atomic E-state index is -1.12. The lowest BCUT2D eigenvalue weighted by atomic mass is 9.98. The summed E-state index contributed by atoms with van der Waals surface area (Å²) in [6.07, 6.45) is 0.557. The molecule has 0 radical (unpaired) electrons. The van der Waals surface area contributed by atoms with Crippen molar-refractivity contribution in [3.05, 3.63) is 17.0 Å². The fourth-order valence-electron chi connectivity index (χ4n) is 2.11. The van der Waals surface area contributed by atoms with Gasteiger partial charge in [-0.25, -0.2) is 4.79 Å². The van der Waals surface area contributed by atoms with Crippen LogP contribution in [0.5, 0.6) is 0 Å². The molecule has 1 aliphatic rings. The largest absolute Gasteiger partial charge is 0.479 e. The first-order chi connectivity index (χ1) is 8.94. The molecule has 1 aromatic heterocycles. The van der Waals surface area contributed by atoms with Crippen LogP contribution in [0.25, 0.3) is 0 Å². The van der Waals surface area contributed by atoms with Crippen molar-refractivity contribution in [2.75, 3.05) is 11.5 Å². The molecule has 104 valence electrons. The topological polar surface area (TPSA) is 92.4 Å². The Bertz CT molecular complexity index is 486. The zero-order valence-corrected chi connectivity index (χ0v) is 11.7. The Kier molecular flexibility index (Phi) is 3.84. The highest BCUT2D eigenvalue weighted by Crippen LogP contribution is 2.28. The van der Waals surface area contributed by atoms with E-state index in [1.54, 1.807) is 13.8 Å². The summed E-state index contributed by atoms with van der Waals surface area (Å²) >= 11 is 1.54. The number of aryl methyl sites for hydroxylation is 2. The van der Waals surface area contributed by atoms with Crippen LogP contribution in [0.3, 0.4) is 0 Å². The second-order valence-corrected chi connectivity index (χ2v) is 5.82. The smallest absolute Gasteiger partial charge is 0.330 e. The summed E-state index contributed by atoms with van der Waals surface area (Å²) in [5, 5.41) is 15.7. The van der Waals surface area contributed by atoms with Gasteiger partial charge in [-0.2, -0.15) is 11.8 Å². The Balaban J connectivity index is 2.07. The van der Waals surface area contributed by atoms with Gasteiger partial charge in [-0.15, -0.1) is 0 Å². The van der Waals surface area contributed by atoms with E-state index in [4.69, 9.17) is 4.52 Å². The number of rotatable bonds is 4. The lowest BCUT2D eigenvalue weighted by Gasteiger charge is -2.24. The molecular formula is C12H16N2O4S. The summed E-state index contributed by atoms with van der Waals surface area (Å²) in [6, 6.07) is 0. The molecule has 0 saturated carbocycles. The molecule has 0 spiro atoms. The lowest BCUT2D eigenvalue weighted by Crippen LogP contribution is -2.55. The number of carbonyl (C=O) groups excluding carboxylic acids is 1. The molecule has 2 heterocycles. The van der Waals surface area contributed by atoms with Gasteiger partial charge in [0.2, 0.25) is 5.91 Å². The number of thioether (sulfide) groups is 1. The number of nitrogens with zero attached hydrogens (tertiary/aromatic N) is 1. The molecule has 7 heteroatoms. The third-order valence-corrected chi connectivity index (χ3v) is 4.52. The van der Waals surface area contributed by atoms with E-state index in [-0.39, 0.29) is 12.3 Å². The first-order valence-electron chi connectivity index (χ1n) is 5.98. The molecule has 1 aromatic rings. The molecule has 0 aliphatic carbocycles. The van der Waals surface area contributed by atoms with Gasteiger partial charge < -0.3 is 14.9 Å². The first-order valence-corrected chi connectivity index (χ1v) is 7.14. The molecule has 1 saturated heterocycles. The van der Waals surface area contributed by atoms with E-state index >= 15 is 0 Å². The highest BCUT2D eigenvalue weighted by atomic mass is 32.2. The minimum Gasteiger partial charge on any atom is -0.479 e. The van der Waals surface area contributed by atoms with Crippen LogP contribution in [-0.4, -0.2) is 39.2 Å². The van der Waals surface area contributed by atoms with Gasteiger partial charge in [-0.1, -0.05) is 5.16 Å². The summed E-state index contributed by atoms with van der Waals surface area (Å²) in [6.45, 7) is 3.50. The van der Waals surface area contributed by atoms with E-state index in [2.05, 4.69) is 10.5 Å². The number of carboxylic acids is 1. The Morgan fingerprint density at radius 1 is 1.53 bits per heavy atom. The second kappa shape index (κ2) is 5.24. The van der Waals surface area contributed by atoms with Crippen molar-refractivity contribution in [3.63, 3.8) is 0 Å². The molecule has 1 atom stereocenters. The van der Waals surface area contributed by atoms with Crippen molar-refractivity contribution in [2.24, 2.45) is 0 Å². The van der Waals surface area contributed by atoms with E-state index in [0.29, 0.717) is 23.6 Å².